The molecule has 0 saturated heterocycles. The van der Waals surface area contributed by atoms with Gasteiger partial charge in [-0.15, -0.1) is 0 Å². The summed E-state index contributed by atoms with van der Waals surface area (Å²) in [5, 5.41) is 2.86. The zero-order chi connectivity index (χ0) is 12.8. The molecule has 0 radical (unpaired) electrons. The Kier molecular flexibility index (Phi) is 5.01. The lowest BCUT2D eigenvalue weighted by atomic mass is 10.2. The smallest absolute Gasteiger partial charge is 0.261 e. The van der Waals surface area contributed by atoms with E-state index in [9.17, 15) is 4.79 Å². The summed E-state index contributed by atoms with van der Waals surface area (Å²) in [6.07, 6.45) is 0.243. The summed E-state index contributed by atoms with van der Waals surface area (Å²) < 4.78 is 5.67. The van der Waals surface area contributed by atoms with Crippen molar-refractivity contribution >= 4 is 5.91 Å². The fourth-order valence-corrected chi connectivity index (χ4v) is 1.48. The van der Waals surface area contributed by atoms with Crippen molar-refractivity contribution in [3.63, 3.8) is 0 Å². The van der Waals surface area contributed by atoms with Gasteiger partial charge < -0.3 is 10.1 Å². The number of hydrogen-bond donors (Lipinski definition) is 1. The molecule has 1 amide bonds. The topological polar surface area (TPSA) is 38.3 Å². The third-order valence-corrected chi connectivity index (χ3v) is 2.39. The number of ether oxygens (including phenoxy) is 1. The Morgan fingerprint density at radius 3 is 2.35 bits per heavy atom. The average molecular weight is 235 g/mol. The molecule has 0 aliphatic carbocycles. The van der Waals surface area contributed by atoms with E-state index in [2.05, 4.69) is 5.32 Å². The van der Waals surface area contributed by atoms with Crippen LogP contribution in [0.15, 0.2) is 24.3 Å². The summed E-state index contributed by atoms with van der Waals surface area (Å²) in [7, 11) is 0. The predicted octanol–water partition coefficient (Wildman–Crippen LogP) is 2.68. The van der Waals surface area contributed by atoms with Crippen LogP contribution in [0.5, 0.6) is 5.75 Å². The number of nitrogens with one attached hydrogen (secondary N) is 1. The van der Waals surface area contributed by atoms with Crippen LogP contribution in [0.1, 0.15) is 32.8 Å². The van der Waals surface area contributed by atoms with Crippen LogP contribution in [0.25, 0.3) is 0 Å². The van der Waals surface area contributed by atoms with Crippen molar-refractivity contribution in [1.82, 2.24) is 5.32 Å². The third kappa shape index (κ3) is 4.47. The van der Waals surface area contributed by atoms with Gasteiger partial charge in [0.15, 0.2) is 6.10 Å². The number of benzene rings is 1. The van der Waals surface area contributed by atoms with Gasteiger partial charge in [-0.1, -0.05) is 24.6 Å². The van der Waals surface area contributed by atoms with Gasteiger partial charge in [-0.2, -0.15) is 0 Å². The summed E-state index contributed by atoms with van der Waals surface area (Å²) in [5.41, 5.74) is 1.18. The van der Waals surface area contributed by atoms with Crippen LogP contribution in [-0.4, -0.2) is 18.1 Å². The van der Waals surface area contributed by atoms with Crippen LogP contribution in [0.2, 0.25) is 0 Å². The second-order valence-electron chi connectivity index (χ2n) is 4.49. The van der Waals surface area contributed by atoms with Crippen LogP contribution < -0.4 is 10.1 Å². The molecule has 0 heterocycles. The van der Waals surface area contributed by atoms with E-state index in [1.807, 2.05) is 52.0 Å². The standard InChI is InChI=1S/C14H21NO2/c1-5-13(14(16)15-10(2)3)17-12-8-6-11(4)7-9-12/h6-10,13H,5H2,1-4H3,(H,15,16). The number of amides is 1. The normalized spacial score (nSPS) is 12.3. The fraction of sp³-hybridized carbons (Fsp3) is 0.500. The van der Waals surface area contributed by atoms with Gasteiger partial charge in [0.05, 0.1) is 0 Å². The van der Waals surface area contributed by atoms with Crippen molar-refractivity contribution in [2.75, 3.05) is 0 Å². The minimum Gasteiger partial charge on any atom is -0.481 e. The molecule has 1 N–H and O–H groups in total. The van der Waals surface area contributed by atoms with Crippen molar-refractivity contribution in [2.24, 2.45) is 0 Å². The first kappa shape index (κ1) is 13.6. The number of carbonyl (C=O) groups excluding carboxylic acids is 1. The Morgan fingerprint density at radius 1 is 1.29 bits per heavy atom. The molecule has 1 rings (SSSR count). The maximum atomic E-state index is 11.8. The van der Waals surface area contributed by atoms with Crippen LogP contribution in [-0.2, 0) is 4.79 Å². The highest BCUT2D eigenvalue weighted by Gasteiger charge is 2.18. The van der Waals surface area contributed by atoms with Crippen molar-refractivity contribution in [3.05, 3.63) is 29.8 Å². The van der Waals surface area contributed by atoms with Gasteiger partial charge in [-0.05, 0) is 39.3 Å². The molecule has 17 heavy (non-hydrogen) atoms. The minimum atomic E-state index is -0.417. The first-order valence-corrected chi connectivity index (χ1v) is 6.06. The van der Waals surface area contributed by atoms with E-state index < -0.39 is 6.10 Å². The molecule has 1 atom stereocenters. The van der Waals surface area contributed by atoms with Crippen molar-refractivity contribution < 1.29 is 9.53 Å². The van der Waals surface area contributed by atoms with Gasteiger partial charge in [0, 0.05) is 6.04 Å². The second-order valence-corrected chi connectivity index (χ2v) is 4.49. The zero-order valence-corrected chi connectivity index (χ0v) is 11.0. The van der Waals surface area contributed by atoms with Gasteiger partial charge in [0.2, 0.25) is 0 Å². The minimum absolute atomic E-state index is 0.0527. The third-order valence-electron chi connectivity index (χ3n) is 2.39. The Hall–Kier alpha value is -1.51. The van der Waals surface area contributed by atoms with Crippen LogP contribution >= 0.6 is 0 Å². The summed E-state index contributed by atoms with van der Waals surface area (Å²) in [6, 6.07) is 7.87. The van der Waals surface area contributed by atoms with E-state index in [1.54, 1.807) is 0 Å². The van der Waals surface area contributed by atoms with Crippen LogP contribution in [0, 0.1) is 6.92 Å². The van der Waals surface area contributed by atoms with E-state index in [0.717, 1.165) is 5.75 Å². The van der Waals surface area contributed by atoms with Crippen molar-refractivity contribution in [3.8, 4) is 5.75 Å². The molecular weight excluding hydrogens is 214 g/mol. The molecule has 1 unspecified atom stereocenters. The molecule has 0 saturated carbocycles. The van der Waals surface area contributed by atoms with Crippen LogP contribution in [0.4, 0.5) is 0 Å². The van der Waals surface area contributed by atoms with Crippen LogP contribution in [0.3, 0.4) is 0 Å². The Balaban J connectivity index is 2.63. The number of carbonyl (C=O) groups is 1. The Labute approximate surface area is 103 Å². The average Bonchev–Trinajstić information content (AvgIpc) is 2.27. The molecule has 94 valence electrons. The second kappa shape index (κ2) is 6.28. The lowest BCUT2D eigenvalue weighted by molar-refractivity contribution is -0.128. The number of rotatable bonds is 5. The summed E-state index contributed by atoms with van der Waals surface area (Å²) in [5.74, 6) is 0.685. The van der Waals surface area contributed by atoms with Gasteiger partial charge in [-0.25, -0.2) is 0 Å². The van der Waals surface area contributed by atoms with Gasteiger partial charge in [0.25, 0.3) is 5.91 Å². The highest BCUT2D eigenvalue weighted by molar-refractivity contribution is 5.81. The summed E-state index contributed by atoms with van der Waals surface area (Å²) in [6.45, 7) is 7.85. The van der Waals surface area contributed by atoms with Gasteiger partial charge in [-0.3, -0.25) is 4.79 Å². The van der Waals surface area contributed by atoms with E-state index in [0.29, 0.717) is 6.42 Å². The van der Waals surface area contributed by atoms with Crippen molar-refractivity contribution in [2.45, 2.75) is 46.3 Å². The maximum absolute atomic E-state index is 11.8. The predicted molar refractivity (Wildman–Crippen MR) is 69.2 cm³/mol. The molecule has 1 aromatic rings. The maximum Gasteiger partial charge on any atom is 0.261 e. The van der Waals surface area contributed by atoms with Gasteiger partial charge >= 0.3 is 0 Å². The number of aryl methyl sites for hydroxylation is 1. The quantitative estimate of drug-likeness (QED) is 0.852. The fourth-order valence-electron chi connectivity index (χ4n) is 1.48. The Morgan fingerprint density at radius 2 is 1.88 bits per heavy atom. The SMILES string of the molecule is CCC(Oc1ccc(C)cc1)C(=O)NC(C)C. The molecule has 1 aromatic carbocycles. The van der Waals surface area contributed by atoms with Crippen molar-refractivity contribution in [1.29, 1.82) is 0 Å². The van der Waals surface area contributed by atoms with E-state index in [4.69, 9.17) is 4.74 Å². The summed E-state index contributed by atoms with van der Waals surface area (Å²) in [4.78, 5) is 11.8. The molecular formula is C14H21NO2. The molecule has 0 bridgehead atoms. The first-order chi connectivity index (χ1) is 8.02. The molecule has 0 spiro atoms. The molecule has 0 aromatic heterocycles. The molecule has 0 aliphatic heterocycles. The van der Waals surface area contributed by atoms with E-state index in [1.165, 1.54) is 5.56 Å². The Bertz CT molecular complexity index is 357. The molecule has 3 nitrogen and oxygen atoms in total. The monoisotopic (exact) mass is 235 g/mol. The largest absolute Gasteiger partial charge is 0.481 e. The highest BCUT2D eigenvalue weighted by Crippen LogP contribution is 2.14. The summed E-state index contributed by atoms with van der Waals surface area (Å²) >= 11 is 0. The molecule has 3 heteroatoms. The van der Waals surface area contributed by atoms with Gasteiger partial charge in [0.1, 0.15) is 5.75 Å². The van der Waals surface area contributed by atoms with E-state index in [-0.39, 0.29) is 11.9 Å². The molecule has 0 fully saturated rings. The highest BCUT2D eigenvalue weighted by atomic mass is 16.5. The van der Waals surface area contributed by atoms with E-state index >= 15 is 0 Å². The lowest BCUT2D eigenvalue weighted by Crippen LogP contribution is -2.41. The molecule has 0 aliphatic rings. The lowest BCUT2D eigenvalue weighted by Gasteiger charge is -2.18. The first-order valence-electron chi connectivity index (χ1n) is 6.06. The zero-order valence-electron chi connectivity index (χ0n) is 11.0. The number of hydrogen-bond acceptors (Lipinski definition) is 2.